The Balaban J connectivity index is 2.04. The second-order valence-corrected chi connectivity index (χ2v) is 5.29. The molecule has 0 saturated carbocycles. The molecule has 88 valence electrons. The van der Waals surface area contributed by atoms with E-state index in [4.69, 9.17) is 11.6 Å². The van der Waals surface area contributed by atoms with Crippen LogP contribution in [0.2, 0.25) is 5.02 Å². The van der Waals surface area contributed by atoms with Crippen LogP contribution in [-0.4, -0.2) is 0 Å². The summed E-state index contributed by atoms with van der Waals surface area (Å²) in [7, 11) is 0. The van der Waals surface area contributed by atoms with Gasteiger partial charge in [-0.2, -0.15) is 0 Å². The number of nitrogens with one attached hydrogen (secondary N) is 1. The molecule has 17 heavy (non-hydrogen) atoms. The summed E-state index contributed by atoms with van der Waals surface area (Å²) in [5, 5.41) is 4.09. The topological polar surface area (TPSA) is 12.0 Å². The molecular weight excluding hydrogens is 298 g/mol. The molecule has 0 aliphatic carbocycles. The number of benzene rings is 2. The molecule has 2 rings (SSSR count). The molecule has 1 N–H and O–H groups in total. The van der Waals surface area contributed by atoms with Crippen molar-refractivity contribution in [3.05, 3.63) is 63.1 Å². The van der Waals surface area contributed by atoms with E-state index in [1.54, 1.807) is 0 Å². The molecule has 0 bridgehead atoms. The summed E-state index contributed by atoms with van der Waals surface area (Å²) in [6.07, 6.45) is 0. The van der Waals surface area contributed by atoms with Crippen LogP contribution in [0.3, 0.4) is 0 Å². The summed E-state index contributed by atoms with van der Waals surface area (Å²) in [6.45, 7) is 2.81. The van der Waals surface area contributed by atoms with Crippen LogP contribution in [0.25, 0.3) is 0 Å². The molecule has 0 aliphatic rings. The maximum Gasteiger partial charge on any atom is 0.0640 e. The zero-order chi connectivity index (χ0) is 12.3. The van der Waals surface area contributed by atoms with E-state index in [1.807, 2.05) is 31.2 Å². The minimum Gasteiger partial charge on any atom is -0.380 e. The molecule has 0 saturated heterocycles. The summed E-state index contributed by atoms with van der Waals surface area (Å²) in [6, 6.07) is 14.3. The maximum absolute atomic E-state index is 6.15. The Morgan fingerprint density at radius 2 is 1.82 bits per heavy atom. The molecule has 1 nitrogen and oxygen atoms in total. The molecule has 0 heterocycles. The fourth-order valence-electron chi connectivity index (χ4n) is 1.56. The first-order valence-corrected chi connectivity index (χ1v) is 6.57. The minimum absolute atomic E-state index is 0.766. The lowest BCUT2D eigenvalue weighted by Crippen LogP contribution is -1.99. The second-order valence-electron chi connectivity index (χ2n) is 3.96. The highest BCUT2D eigenvalue weighted by atomic mass is 79.9. The van der Waals surface area contributed by atoms with Crippen molar-refractivity contribution in [2.45, 2.75) is 13.5 Å². The Bertz CT molecular complexity index is 508. The van der Waals surface area contributed by atoms with E-state index in [1.165, 1.54) is 11.1 Å². The Morgan fingerprint density at radius 3 is 2.47 bits per heavy atom. The van der Waals surface area contributed by atoms with Crippen LogP contribution in [0.5, 0.6) is 0 Å². The summed E-state index contributed by atoms with van der Waals surface area (Å²) in [5.74, 6) is 0. The van der Waals surface area contributed by atoms with Gasteiger partial charge >= 0.3 is 0 Å². The number of hydrogen-bond acceptors (Lipinski definition) is 1. The Kier molecular flexibility index (Phi) is 4.08. The molecule has 0 unspecified atom stereocenters. The summed E-state index contributed by atoms with van der Waals surface area (Å²) in [4.78, 5) is 0. The van der Waals surface area contributed by atoms with Crippen LogP contribution < -0.4 is 5.32 Å². The molecule has 0 radical (unpaired) electrons. The molecule has 0 aliphatic heterocycles. The van der Waals surface area contributed by atoms with Crippen molar-refractivity contribution in [3.63, 3.8) is 0 Å². The Labute approximate surface area is 115 Å². The minimum atomic E-state index is 0.766. The molecule has 0 fully saturated rings. The first-order chi connectivity index (χ1) is 8.15. The van der Waals surface area contributed by atoms with Gasteiger partial charge in [-0.05, 0) is 42.3 Å². The largest absolute Gasteiger partial charge is 0.380 e. The number of hydrogen-bond donors (Lipinski definition) is 1. The molecule has 0 amide bonds. The van der Waals surface area contributed by atoms with E-state index in [-0.39, 0.29) is 0 Å². The van der Waals surface area contributed by atoms with Gasteiger partial charge in [0.15, 0.2) is 0 Å². The maximum atomic E-state index is 6.15. The molecule has 3 heteroatoms. The van der Waals surface area contributed by atoms with Crippen LogP contribution in [-0.2, 0) is 6.54 Å². The van der Waals surface area contributed by atoms with Gasteiger partial charge in [0.25, 0.3) is 0 Å². The first kappa shape index (κ1) is 12.5. The van der Waals surface area contributed by atoms with Crippen LogP contribution >= 0.6 is 27.5 Å². The lowest BCUT2D eigenvalue weighted by Gasteiger charge is -2.09. The third-order valence-corrected chi connectivity index (χ3v) is 3.36. The highest BCUT2D eigenvalue weighted by molar-refractivity contribution is 9.10. The number of halogens is 2. The zero-order valence-electron chi connectivity index (χ0n) is 9.50. The van der Waals surface area contributed by atoms with Crippen LogP contribution in [0.15, 0.2) is 46.9 Å². The normalized spacial score (nSPS) is 10.3. The highest BCUT2D eigenvalue weighted by Crippen LogP contribution is 2.23. The summed E-state index contributed by atoms with van der Waals surface area (Å²) >= 11 is 9.57. The average Bonchev–Trinajstić information content (AvgIpc) is 2.30. The van der Waals surface area contributed by atoms with Gasteiger partial charge in [-0.15, -0.1) is 0 Å². The predicted molar refractivity (Wildman–Crippen MR) is 77.7 cm³/mol. The molecular formula is C14H13BrClN. The van der Waals surface area contributed by atoms with E-state index in [0.29, 0.717) is 0 Å². The van der Waals surface area contributed by atoms with Gasteiger partial charge < -0.3 is 5.32 Å². The average molecular weight is 311 g/mol. The zero-order valence-corrected chi connectivity index (χ0v) is 11.8. The van der Waals surface area contributed by atoms with Crippen molar-refractivity contribution < 1.29 is 0 Å². The quantitative estimate of drug-likeness (QED) is 0.839. The number of rotatable bonds is 3. The Hall–Kier alpha value is -0.990. The van der Waals surface area contributed by atoms with Gasteiger partial charge in [0.2, 0.25) is 0 Å². The molecule has 0 atom stereocenters. The van der Waals surface area contributed by atoms with Crippen molar-refractivity contribution in [2.24, 2.45) is 0 Å². The molecule has 0 aromatic heterocycles. The second kappa shape index (κ2) is 5.56. The third-order valence-electron chi connectivity index (χ3n) is 2.52. The van der Waals surface area contributed by atoms with Crippen LogP contribution in [0.4, 0.5) is 5.69 Å². The van der Waals surface area contributed by atoms with Gasteiger partial charge in [-0.1, -0.05) is 45.7 Å². The van der Waals surface area contributed by atoms with Crippen LogP contribution in [0.1, 0.15) is 11.1 Å². The van der Waals surface area contributed by atoms with Crippen molar-refractivity contribution in [1.82, 2.24) is 0 Å². The SMILES string of the molecule is Cc1ccc(NCc2ccc(Br)cc2)c(Cl)c1. The standard InChI is InChI=1S/C14H13BrClN/c1-10-2-7-14(13(16)8-10)17-9-11-3-5-12(15)6-4-11/h2-8,17H,9H2,1H3. The lowest BCUT2D eigenvalue weighted by molar-refractivity contribution is 1.15. The van der Waals surface area contributed by atoms with Crippen molar-refractivity contribution in [1.29, 1.82) is 0 Å². The first-order valence-electron chi connectivity index (χ1n) is 5.39. The van der Waals surface area contributed by atoms with E-state index in [2.05, 4.69) is 39.4 Å². The van der Waals surface area contributed by atoms with E-state index < -0.39 is 0 Å². The fourth-order valence-corrected chi connectivity index (χ4v) is 2.13. The fraction of sp³-hybridized carbons (Fsp3) is 0.143. The van der Waals surface area contributed by atoms with Gasteiger partial charge in [-0.25, -0.2) is 0 Å². The van der Waals surface area contributed by atoms with Gasteiger partial charge in [0, 0.05) is 11.0 Å². The van der Waals surface area contributed by atoms with Crippen molar-refractivity contribution >= 4 is 33.2 Å². The van der Waals surface area contributed by atoms with E-state index >= 15 is 0 Å². The van der Waals surface area contributed by atoms with Gasteiger partial charge in [-0.3, -0.25) is 0 Å². The Morgan fingerprint density at radius 1 is 1.12 bits per heavy atom. The summed E-state index contributed by atoms with van der Waals surface area (Å²) in [5.41, 5.74) is 3.37. The van der Waals surface area contributed by atoms with Crippen molar-refractivity contribution in [2.75, 3.05) is 5.32 Å². The van der Waals surface area contributed by atoms with E-state index in [9.17, 15) is 0 Å². The number of aryl methyl sites for hydroxylation is 1. The lowest BCUT2D eigenvalue weighted by atomic mass is 10.2. The monoisotopic (exact) mass is 309 g/mol. The van der Waals surface area contributed by atoms with Crippen molar-refractivity contribution in [3.8, 4) is 0 Å². The number of anilines is 1. The highest BCUT2D eigenvalue weighted by Gasteiger charge is 2.00. The van der Waals surface area contributed by atoms with Crippen LogP contribution in [0, 0.1) is 6.92 Å². The molecule has 2 aromatic carbocycles. The van der Waals surface area contributed by atoms with Gasteiger partial charge in [0.05, 0.1) is 10.7 Å². The molecule has 2 aromatic rings. The summed E-state index contributed by atoms with van der Waals surface area (Å²) < 4.78 is 1.09. The molecule has 0 spiro atoms. The predicted octanol–water partition coefficient (Wildman–Crippen LogP) is 5.02. The third kappa shape index (κ3) is 3.48. The smallest absolute Gasteiger partial charge is 0.0640 e. The van der Waals surface area contributed by atoms with E-state index in [0.717, 1.165) is 21.7 Å². The van der Waals surface area contributed by atoms with Gasteiger partial charge in [0.1, 0.15) is 0 Å².